The summed E-state index contributed by atoms with van der Waals surface area (Å²) in [6, 6.07) is 6.04. The summed E-state index contributed by atoms with van der Waals surface area (Å²) in [5.74, 6) is 0.989. The first kappa shape index (κ1) is 17.7. The van der Waals surface area contributed by atoms with Crippen molar-refractivity contribution in [1.82, 2.24) is 4.90 Å². The number of allylic oxidation sites excluding steroid dienone is 2. The standard InChI is InChI=1S/C20H20ClF3N2/c1-11-3-6-15(12(2)7-11)18-9-17(13-4-5-13)25-19-16(21)8-14(10-26(18)19)20(22,23)24/h3,6-8,10,13,17-18H,4-5,9H2,1-2H3. The third-order valence-electron chi connectivity index (χ3n) is 5.39. The first-order chi connectivity index (χ1) is 12.2. The van der Waals surface area contributed by atoms with Crippen molar-refractivity contribution in [1.29, 1.82) is 0 Å². The van der Waals surface area contributed by atoms with Gasteiger partial charge in [0.2, 0.25) is 0 Å². The summed E-state index contributed by atoms with van der Waals surface area (Å²) in [7, 11) is 0. The number of benzene rings is 1. The van der Waals surface area contributed by atoms with Crippen LogP contribution in [0, 0.1) is 19.8 Å². The lowest BCUT2D eigenvalue weighted by Gasteiger charge is -2.41. The van der Waals surface area contributed by atoms with Gasteiger partial charge < -0.3 is 4.90 Å². The second-order valence-corrected chi connectivity index (χ2v) is 7.86. The van der Waals surface area contributed by atoms with Crippen LogP contribution in [0.25, 0.3) is 0 Å². The minimum Gasteiger partial charge on any atom is -0.324 e. The van der Waals surface area contributed by atoms with Gasteiger partial charge >= 0.3 is 6.18 Å². The van der Waals surface area contributed by atoms with E-state index in [0.29, 0.717) is 18.2 Å². The highest BCUT2D eigenvalue weighted by molar-refractivity contribution is 6.43. The molecular formula is C20H20ClF3N2. The van der Waals surface area contributed by atoms with E-state index < -0.39 is 11.7 Å². The molecule has 2 unspecified atom stereocenters. The number of nitrogens with zero attached hydrogens (tertiary/aromatic N) is 2. The Bertz CT molecular complexity index is 834. The quantitative estimate of drug-likeness (QED) is 0.632. The number of alkyl halides is 3. The number of hydrogen-bond donors (Lipinski definition) is 0. The van der Waals surface area contributed by atoms with Crippen LogP contribution in [0.1, 0.15) is 42.0 Å². The Morgan fingerprint density at radius 3 is 2.54 bits per heavy atom. The van der Waals surface area contributed by atoms with Gasteiger partial charge in [0, 0.05) is 6.20 Å². The Kier molecular flexibility index (Phi) is 4.18. The van der Waals surface area contributed by atoms with Gasteiger partial charge in [-0.1, -0.05) is 35.4 Å². The number of hydrogen-bond acceptors (Lipinski definition) is 2. The fourth-order valence-electron chi connectivity index (χ4n) is 3.90. The third kappa shape index (κ3) is 3.18. The molecule has 1 aliphatic carbocycles. The predicted molar refractivity (Wildman–Crippen MR) is 97.1 cm³/mol. The molecule has 1 saturated carbocycles. The van der Waals surface area contributed by atoms with E-state index in [1.54, 1.807) is 4.90 Å². The number of fused-ring (bicyclic) bond motifs is 1. The van der Waals surface area contributed by atoms with E-state index in [2.05, 4.69) is 6.07 Å². The number of aliphatic imine (C=N–C) groups is 1. The second kappa shape index (κ2) is 6.15. The van der Waals surface area contributed by atoms with Crippen LogP contribution in [0.15, 0.2) is 46.1 Å². The molecule has 1 aromatic carbocycles. The zero-order valence-corrected chi connectivity index (χ0v) is 15.4. The molecule has 4 rings (SSSR count). The van der Waals surface area contributed by atoms with E-state index in [1.807, 2.05) is 26.0 Å². The van der Waals surface area contributed by atoms with E-state index in [0.717, 1.165) is 41.8 Å². The summed E-state index contributed by atoms with van der Waals surface area (Å²) in [5, 5.41) is 0.0694. The molecule has 2 nitrogen and oxygen atoms in total. The average molecular weight is 381 g/mol. The normalized spacial score (nSPS) is 26.1. The maximum Gasteiger partial charge on any atom is 0.417 e. The molecule has 2 heterocycles. The summed E-state index contributed by atoms with van der Waals surface area (Å²) >= 11 is 6.25. The van der Waals surface area contributed by atoms with E-state index >= 15 is 0 Å². The molecule has 0 bridgehead atoms. The summed E-state index contributed by atoms with van der Waals surface area (Å²) < 4.78 is 39.9. The molecule has 3 aliphatic rings. The van der Waals surface area contributed by atoms with E-state index in [9.17, 15) is 13.2 Å². The van der Waals surface area contributed by atoms with Gasteiger partial charge in [-0.05, 0) is 56.2 Å². The Morgan fingerprint density at radius 1 is 1.19 bits per heavy atom. The lowest BCUT2D eigenvalue weighted by Crippen LogP contribution is -2.41. The molecule has 138 valence electrons. The Morgan fingerprint density at radius 2 is 1.92 bits per heavy atom. The monoisotopic (exact) mass is 380 g/mol. The van der Waals surface area contributed by atoms with Crippen molar-refractivity contribution in [2.24, 2.45) is 10.9 Å². The van der Waals surface area contributed by atoms with Crippen molar-refractivity contribution in [3.8, 4) is 0 Å². The van der Waals surface area contributed by atoms with Crippen LogP contribution in [-0.4, -0.2) is 23.0 Å². The van der Waals surface area contributed by atoms with Crippen LogP contribution in [-0.2, 0) is 0 Å². The minimum absolute atomic E-state index is 0.0694. The topological polar surface area (TPSA) is 15.6 Å². The molecule has 0 aromatic heterocycles. The summed E-state index contributed by atoms with van der Waals surface area (Å²) in [4.78, 5) is 6.34. The lowest BCUT2D eigenvalue weighted by atomic mass is 9.89. The van der Waals surface area contributed by atoms with Crippen molar-refractivity contribution >= 4 is 17.4 Å². The Labute approximate surface area is 156 Å². The fraction of sp³-hybridized carbons (Fsp3) is 0.450. The zero-order chi connectivity index (χ0) is 18.6. The fourth-order valence-corrected chi connectivity index (χ4v) is 4.16. The molecule has 0 radical (unpaired) electrons. The zero-order valence-electron chi connectivity index (χ0n) is 14.6. The van der Waals surface area contributed by atoms with Crippen LogP contribution < -0.4 is 0 Å². The Hall–Kier alpha value is -1.75. The van der Waals surface area contributed by atoms with Crippen LogP contribution in [0.4, 0.5) is 13.2 Å². The van der Waals surface area contributed by atoms with Crippen LogP contribution in [0.2, 0.25) is 0 Å². The van der Waals surface area contributed by atoms with Gasteiger partial charge in [-0.2, -0.15) is 13.2 Å². The van der Waals surface area contributed by atoms with Gasteiger partial charge in [-0.15, -0.1) is 0 Å². The van der Waals surface area contributed by atoms with Gasteiger partial charge in [0.05, 0.1) is 22.7 Å². The highest BCUT2D eigenvalue weighted by atomic mass is 35.5. The molecule has 1 aromatic rings. The SMILES string of the molecule is Cc1ccc(C2CC(C3CC3)N=C3C(Cl)=CC(C(F)(F)F)=CN32)c(C)c1. The first-order valence-electron chi connectivity index (χ1n) is 8.84. The maximum absolute atomic E-state index is 13.3. The van der Waals surface area contributed by atoms with Crippen LogP contribution in [0.3, 0.4) is 0 Å². The van der Waals surface area contributed by atoms with Gasteiger partial charge in [0.25, 0.3) is 0 Å². The predicted octanol–water partition coefficient (Wildman–Crippen LogP) is 5.81. The van der Waals surface area contributed by atoms with Gasteiger partial charge in [-0.3, -0.25) is 4.99 Å². The maximum atomic E-state index is 13.3. The average Bonchev–Trinajstić information content (AvgIpc) is 3.38. The largest absolute Gasteiger partial charge is 0.417 e. The van der Waals surface area contributed by atoms with Crippen molar-refractivity contribution < 1.29 is 13.2 Å². The molecule has 0 N–H and O–H groups in total. The molecular weight excluding hydrogens is 361 g/mol. The van der Waals surface area contributed by atoms with Crippen molar-refractivity contribution in [2.45, 2.75) is 51.4 Å². The van der Waals surface area contributed by atoms with Crippen LogP contribution >= 0.6 is 11.6 Å². The highest BCUT2D eigenvalue weighted by Crippen LogP contribution is 2.46. The minimum atomic E-state index is -4.44. The highest BCUT2D eigenvalue weighted by Gasteiger charge is 2.43. The number of halogens is 4. The molecule has 0 saturated heterocycles. The molecule has 6 heteroatoms. The van der Waals surface area contributed by atoms with Crippen LogP contribution in [0.5, 0.6) is 0 Å². The van der Waals surface area contributed by atoms with Gasteiger partial charge in [-0.25, -0.2) is 0 Å². The van der Waals surface area contributed by atoms with E-state index in [4.69, 9.17) is 16.6 Å². The third-order valence-corrected chi connectivity index (χ3v) is 5.66. The molecule has 26 heavy (non-hydrogen) atoms. The Balaban J connectivity index is 1.81. The summed E-state index contributed by atoms with van der Waals surface area (Å²) in [5.41, 5.74) is 2.52. The molecule has 0 spiro atoms. The molecule has 2 atom stereocenters. The molecule has 1 fully saturated rings. The second-order valence-electron chi connectivity index (χ2n) is 7.45. The number of rotatable bonds is 2. The van der Waals surface area contributed by atoms with Gasteiger partial charge in [0.1, 0.15) is 5.84 Å². The first-order valence-corrected chi connectivity index (χ1v) is 9.21. The molecule has 0 amide bonds. The smallest absolute Gasteiger partial charge is 0.324 e. The van der Waals surface area contributed by atoms with Crippen molar-refractivity contribution in [3.63, 3.8) is 0 Å². The number of aryl methyl sites for hydroxylation is 2. The lowest BCUT2D eigenvalue weighted by molar-refractivity contribution is -0.0893. The number of amidine groups is 1. The summed E-state index contributed by atoms with van der Waals surface area (Å²) in [6.07, 6.45) is 0.691. The van der Waals surface area contributed by atoms with E-state index in [-0.39, 0.29) is 17.1 Å². The molecule has 2 aliphatic heterocycles. The van der Waals surface area contributed by atoms with E-state index in [1.165, 1.54) is 0 Å². The van der Waals surface area contributed by atoms with Crippen molar-refractivity contribution in [3.05, 3.63) is 57.8 Å². The van der Waals surface area contributed by atoms with Crippen molar-refractivity contribution in [2.75, 3.05) is 0 Å². The summed E-state index contributed by atoms with van der Waals surface area (Å²) in [6.45, 7) is 4.02. The van der Waals surface area contributed by atoms with Gasteiger partial charge in [0.15, 0.2) is 0 Å².